The van der Waals surface area contributed by atoms with Crippen LogP contribution in [-0.4, -0.2) is 17.1 Å². The number of aromatic nitrogens is 1. The molecule has 1 aromatic heterocycles. The van der Waals surface area contributed by atoms with E-state index in [4.69, 9.17) is 38.4 Å². The number of ether oxygens (including phenoxy) is 2. The maximum Gasteiger partial charge on any atom is 0.347 e. The van der Waals surface area contributed by atoms with Crippen LogP contribution in [0.25, 0.3) is 0 Å². The number of hydrogen-bond acceptors (Lipinski definition) is 5. The third-order valence-electron chi connectivity index (χ3n) is 2.89. The molecule has 2 N–H and O–H groups in total. The van der Waals surface area contributed by atoms with Crippen LogP contribution >= 0.6 is 23.2 Å². The predicted octanol–water partition coefficient (Wildman–Crippen LogP) is 3.62. The molecular weight excluding hydrogens is 346 g/mol. The van der Waals surface area contributed by atoms with Crippen molar-refractivity contribution in [2.75, 3.05) is 5.73 Å². The van der Waals surface area contributed by atoms with Crippen LogP contribution in [0.3, 0.4) is 0 Å². The Morgan fingerprint density at radius 3 is 2.61 bits per heavy atom. The van der Waals surface area contributed by atoms with Gasteiger partial charge in [-0.3, -0.25) is 0 Å². The number of benzene rings is 1. The third-order valence-corrected chi connectivity index (χ3v) is 3.61. The van der Waals surface area contributed by atoms with Crippen molar-refractivity contribution < 1.29 is 18.7 Å². The number of carbonyl (C=O) groups excluding carboxylic acids is 1. The average Bonchev–Trinajstić information content (AvgIpc) is 2.56. The van der Waals surface area contributed by atoms with Crippen molar-refractivity contribution in [1.29, 1.82) is 0 Å². The van der Waals surface area contributed by atoms with E-state index >= 15 is 0 Å². The van der Waals surface area contributed by atoms with E-state index in [1.807, 2.05) is 30.3 Å². The average molecular weight is 359 g/mol. The van der Waals surface area contributed by atoms with E-state index in [9.17, 15) is 9.18 Å². The van der Waals surface area contributed by atoms with E-state index in [2.05, 4.69) is 4.98 Å². The van der Waals surface area contributed by atoms with Crippen LogP contribution in [0.5, 0.6) is 5.88 Å². The lowest BCUT2D eigenvalue weighted by Gasteiger charge is -2.15. The van der Waals surface area contributed by atoms with Gasteiger partial charge < -0.3 is 15.2 Å². The summed E-state index contributed by atoms with van der Waals surface area (Å²) in [5.74, 6) is -2.01. The molecule has 8 heteroatoms. The summed E-state index contributed by atoms with van der Waals surface area (Å²) in [6, 6.07) is 9.13. The first-order valence-corrected chi connectivity index (χ1v) is 7.33. The summed E-state index contributed by atoms with van der Waals surface area (Å²) in [5.41, 5.74) is 6.15. The first kappa shape index (κ1) is 17.3. The minimum absolute atomic E-state index is 0.0889. The fraction of sp³-hybridized carbons (Fsp3) is 0.200. The zero-order valence-electron chi connectivity index (χ0n) is 12.1. The first-order chi connectivity index (χ1) is 10.9. The lowest BCUT2D eigenvalue weighted by molar-refractivity contribution is -0.152. The third kappa shape index (κ3) is 4.24. The molecule has 0 bridgehead atoms. The molecule has 0 fully saturated rings. The summed E-state index contributed by atoms with van der Waals surface area (Å²) in [6.07, 6.45) is -1.05. The molecule has 5 nitrogen and oxygen atoms in total. The van der Waals surface area contributed by atoms with E-state index in [0.717, 1.165) is 5.56 Å². The Balaban J connectivity index is 2.01. The number of anilines is 1. The van der Waals surface area contributed by atoms with Crippen molar-refractivity contribution in [3.63, 3.8) is 0 Å². The van der Waals surface area contributed by atoms with Gasteiger partial charge in [0.1, 0.15) is 16.7 Å². The second-order valence-electron chi connectivity index (χ2n) is 4.60. The van der Waals surface area contributed by atoms with Crippen molar-refractivity contribution in [3.05, 3.63) is 51.9 Å². The zero-order valence-corrected chi connectivity index (χ0v) is 13.6. The van der Waals surface area contributed by atoms with Crippen LogP contribution in [0.4, 0.5) is 10.1 Å². The van der Waals surface area contributed by atoms with Crippen molar-refractivity contribution in [2.45, 2.75) is 19.6 Å². The monoisotopic (exact) mass is 358 g/mol. The van der Waals surface area contributed by atoms with Gasteiger partial charge in [0, 0.05) is 0 Å². The van der Waals surface area contributed by atoms with Crippen LogP contribution in [0.1, 0.15) is 12.5 Å². The number of hydrogen-bond donors (Lipinski definition) is 1. The van der Waals surface area contributed by atoms with E-state index < -0.39 is 23.0 Å². The highest BCUT2D eigenvalue weighted by molar-refractivity contribution is 6.39. The molecule has 0 amide bonds. The number of halogens is 3. The Bertz CT molecular complexity index is 714. The standard InChI is InChI=1S/C15H13Cl2FN2O3/c1-8(15(21)22-7-9-5-3-2-4-6-9)23-14-11(17)12(19)10(16)13(18)20-14/h2-6,8H,7H2,1H3,(H2,19,20). The number of nitrogens with zero attached hydrogens (tertiary/aromatic N) is 1. The van der Waals surface area contributed by atoms with E-state index in [0.29, 0.717) is 0 Å². The van der Waals surface area contributed by atoms with Crippen LogP contribution in [-0.2, 0) is 16.1 Å². The fourth-order valence-electron chi connectivity index (χ4n) is 1.65. The molecule has 1 heterocycles. The molecule has 0 saturated heterocycles. The summed E-state index contributed by atoms with van der Waals surface area (Å²) in [4.78, 5) is 15.3. The van der Waals surface area contributed by atoms with Gasteiger partial charge in [-0.05, 0) is 12.5 Å². The van der Waals surface area contributed by atoms with Gasteiger partial charge in [-0.15, -0.1) is 0 Å². The van der Waals surface area contributed by atoms with Crippen LogP contribution in [0.2, 0.25) is 10.0 Å². The molecule has 2 rings (SSSR count). The Morgan fingerprint density at radius 1 is 1.30 bits per heavy atom. The molecular formula is C15H13Cl2FN2O3. The van der Waals surface area contributed by atoms with Gasteiger partial charge in [0.25, 0.3) is 0 Å². The highest BCUT2D eigenvalue weighted by Gasteiger charge is 2.22. The maximum absolute atomic E-state index is 13.5. The van der Waals surface area contributed by atoms with Gasteiger partial charge in [-0.2, -0.15) is 9.37 Å². The highest BCUT2D eigenvalue weighted by atomic mass is 35.5. The molecule has 0 aliphatic rings. The van der Waals surface area contributed by atoms with Crippen molar-refractivity contribution in [1.82, 2.24) is 4.98 Å². The number of rotatable bonds is 5. The summed E-state index contributed by atoms with van der Waals surface area (Å²) in [5, 5.41) is -0.569. The van der Waals surface area contributed by atoms with Crippen molar-refractivity contribution >= 4 is 34.9 Å². The smallest absolute Gasteiger partial charge is 0.347 e. The Kier molecular flexibility index (Phi) is 5.63. The van der Waals surface area contributed by atoms with Gasteiger partial charge in [0.2, 0.25) is 11.8 Å². The van der Waals surface area contributed by atoms with E-state index in [1.165, 1.54) is 6.92 Å². The molecule has 1 aromatic carbocycles. The molecule has 1 atom stereocenters. The number of carbonyl (C=O) groups is 1. The zero-order chi connectivity index (χ0) is 17.0. The quantitative estimate of drug-likeness (QED) is 0.652. The minimum Gasteiger partial charge on any atom is -0.461 e. The summed E-state index contributed by atoms with van der Waals surface area (Å²) in [7, 11) is 0. The largest absolute Gasteiger partial charge is 0.461 e. The molecule has 122 valence electrons. The Hall–Kier alpha value is -2.05. The van der Waals surface area contributed by atoms with Gasteiger partial charge >= 0.3 is 5.97 Å². The van der Waals surface area contributed by atoms with Crippen LogP contribution < -0.4 is 10.5 Å². The van der Waals surface area contributed by atoms with E-state index in [1.54, 1.807) is 0 Å². The van der Waals surface area contributed by atoms with Crippen molar-refractivity contribution in [3.8, 4) is 5.88 Å². The second-order valence-corrected chi connectivity index (χ2v) is 5.36. The maximum atomic E-state index is 13.5. The number of pyridine rings is 1. The SMILES string of the molecule is CC(Oc1nc(F)c(Cl)c(N)c1Cl)C(=O)OCc1ccccc1. The van der Waals surface area contributed by atoms with E-state index in [-0.39, 0.29) is 23.2 Å². The molecule has 0 aliphatic heterocycles. The molecule has 0 aliphatic carbocycles. The number of esters is 1. The lowest BCUT2D eigenvalue weighted by atomic mass is 10.2. The topological polar surface area (TPSA) is 74.4 Å². The minimum atomic E-state index is -1.05. The molecule has 0 radical (unpaired) electrons. The Labute approximate surface area is 142 Å². The predicted molar refractivity (Wildman–Crippen MR) is 85.0 cm³/mol. The first-order valence-electron chi connectivity index (χ1n) is 6.57. The lowest BCUT2D eigenvalue weighted by Crippen LogP contribution is -2.26. The van der Waals surface area contributed by atoms with Crippen molar-refractivity contribution in [2.24, 2.45) is 0 Å². The molecule has 1 unspecified atom stereocenters. The van der Waals surface area contributed by atoms with Gasteiger partial charge in [-0.1, -0.05) is 53.5 Å². The fourth-order valence-corrected chi connectivity index (χ4v) is 2.02. The van der Waals surface area contributed by atoms with Gasteiger partial charge in [-0.25, -0.2) is 4.79 Å². The van der Waals surface area contributed by atoms with Gasteiger partial charge in [0.15, 0.2) is 6.10 Å². The molecule has 0 saturated carbocycles. The normalized spacial score (nSPS) is 11.8. The second kappa shape index (κ2) is 7.48. The summed E-state index contributed by atoms with van der Waals surface area (Å²) >= 11 is 11.5. The van der Waals surface area contributed by atoms with Gasteiger partial charge in [0.05, 0.1) is 5.69 Å². The Morgan fingerprint density at radius 2 is 1.96 bits per heavy atom. The molecule has 0 spiro atoms. The number of nitrogen functional groups attached to an aromatic ring is 1. The number of nitrogens with two attached hydrogens (primary N) is 1. The molecule has 23 heavy (non-hydrogen) atoms. The summed E-state index contributed by atoms with van der Waals surface area (Å²) < 4.78 is 23.8. The van der Waals surface area contributed by atoms with Crippen LogP contribution in [0.15, 0.2) is 30.3 Å². The van der Waals surface area contributed by atoms with Crippen LogP contribution in [0, 0.1) is 5.95 Å². The summed E-state index contributed by atoms with van der Waals surface area (Å²) in [6.45, 7) is 1.51. The highest BCUT2D eigenvalue weighted by Crippen LogP contribution is 2.35. The molecule has 2 aromatic rings.